The third-order valence-electron chi connectivity index (χ3n) is 18.9. The minimum absolute atomic E-state index is 0.313. The lowest BCUT2D eigenvalue weighted by molar-refractivity contribution is -0.138. The molecule has 0 radical (unpaired) electrons. The van der Waals surface area contributed by atoms with Gasteiger partial charge in [0.05, 0.1) is 55.8 Å². The first-order chi connectivity index (χ1) is 44.8. The summed E-state index contributed by atoms with van der Waals surface area (Å²) in [5, 5.41) is 29.1. The largest absolute Gasteiger partial charge is 0.452 e. The fraction of sp³-hybridized carbons (Fsp3) is 0.0380. The minimum atomic E-state index is -4.65. The monoisotopic (exact) mass is 1210 g/mol. The molecule has 2 aliphatic rings. The second kappa shape index (κ2) is 19.0. The van der Waals surface area contributed by atoms with Crippen LogP contribution in [0.15, 0.2) is 258 Å². The molecule has 1 aliphatic carbocycles. The maximum absolute atomic E-state index is 14.7. The van der Waals surface area contributed by atoms with Crippen molar-refractivity contribution in [2.45, 2.75) is 17.8 Å². The van der Waals surface area contributed by atoms with Gasteiger partial charge in [0.25, 0.3) is 0 Å². The van der Waals surface area contributed by atoms with Crippen molar-refractivity contribution < 1.29 is 35.2 Å². The Hall–Kier alpha value is -12.1. The molecule has 1 spiro atoms. The molecule has 7 nitrogen and oxygen atoms in total. The molecular formula is C79H41F6N5O2. The molecule has 16 aromatic rings. The lowest BCUT2D eigenvalue weighted by atomic mass is 9.65. The number of anilines is 6. The van der Waals surface area contributed by atoms with Crippen LogP contribution in [0.2, 0.25) is 0 Å². The van der Waals surface area contributed by atoms with E-state index in [1.54, 1.807) is 24.3 Å². The van der Waals surface area contributed by atoms with Crippen molar-refractivity contribution >= 4 is 121 Å². The van der Waals surface area contributed by atoms with Crippen molar-refractivity contribution in [1.29, 1.82) is 10.5 Å². The summed E-state index contributed by atoms with van der Waals surface area (Å²) in [6.45, 7) is 0. The van der Waals surface area contributed by atoms with Gasteiger partial charge in [-0.25, -0.2) is 0 Å². The first kappa shape index (κ1) is 53.0. The number of fused-ring (bicyclic) bond motifs is 22. The average Bonchev–Trinajstić information content (AvgIpc) is 1.47. The van der Waals surface area contributed by atoms with Gasteiger partial charge in [0.1, 0.15) is 12.1 Å². The SMILES string of the molecule is N#Cc1cccc2c1oc1c(N(c3ccc(C(F)(F)F)cc3)c3ccc4c(c3)c3cc(N(c5ccc(C(F)(F)F)cc5)c5cccc6c5oc5c(C#N)cccc56)cc5c3n4-c3ccccc3C53c4ccc5ccccc5c4-c4c3ccc3ccccc43)cccc12. The maximum atomic E-state index is 14.7. The number of rotatable bonds is 6. The van der Waals surface area contributed by atoms with E-state index in [9.17, 15) is 36.9 Å². The molecule has 0 atom stereocenters. The molecule has 13 aromatic carbocycles. The molecule has 4 heterocycles. The molecule has 18 rings (SSSR count). The molecule has 0 unspecified atom stereocenters. The highest BCUT2D eigenvalue weighted by Crippen LogP contribution is 2.64. The third kappa shape index (κ3) is 7.27. The lowest BCUT2D eigenvalue weighted by Gasteiger charge is -2.40. The van der Waals surface area contributed by atoms with Gasteiger partial charge in [-0.2, -0.15) is 36.9 Å². The molecular weight excluding hydrogens is 1160 g/mol. The van der Waals surface area contributed by atoms with Crippen LogP contribution < -0.4 is 9.80 Å². The number of para-hydroxylation sites is 5. The van der Waals surface area contributed by atoms with Crippen LogP contribution in [0.1, 0.15) is 44.5 Å². The van der Waals surface area contributed by atoms with E-state index in [1.165, 1.54) is 24.3 Å². The van der Waals surface area contributed by atoms with Crippen LogP contribution in [0.5, 0.6) is 0 Å². The van der Waals surface area contributed by atoms with Crippen molar-refractivity contribution in [1.82, 2.24) is 4.57 Å². The number of benzene rings is 13. The number of halogens is 6. The molecule has 0 saturated carbocycles. The second-order valence-corrected chi connectivity index (χ2v) is 23.5. The van der Waals surface area contributed by atoms with Gasteiger partial charge in [0, 0.05) is 55.1 Å². The quantitative estimate of drug-likeness (QED) is 0.154. The molecule has 0 amide bonds. The number of nitriles is 2. The smallest absolute Gasteiger partial charge is 0.416 e. The third-order valence-corrected chi connectivity index (χ3v) is 18.9. The molecule has 436 valence electrons. The summed E-state index contributed by atoms with van der Waals surface area (Å²) in [5.41, 5.74) is 10.8. The van der Waals surface area contributed by atoms with Crippen LogP contribution in [0.4, 0.5) is 60.5 Å². The minimum Gasteiger partial charge on any atom is -0.452 e. The first-order valence-corrected chi connectivity index (χ1v) is 29.7. The number of aromatic nitrogens is 1. The van der Waals surface area contributed by atoms with E-state index < -0.39 is 28.9 Å². The van der Waals surface area contributed by atoms with E-state index in [1.807, 2.05) is 94.7 Å². The maximum Gasteiger partial charge on any atom is 0.416 e. The van der Waals surface area contributed by atoms with E-state index >= 15 is 0 Å². The van der Waals surface area contributed by atoms with Gasteiger partial charge in [-0.15, -0.1) is 0 Å². The Morgan fingerprint density at radius 3 is 1.33 bits per heavy atom. The van der Waals surface area contributed by atoms with Crippen molar-refractivity contribution in [2.24, 2.45) is 0 Å². The van der Waals surface area contributed by atoms with Crippen LogP contribution in [-0.2, 0) is 17.8 Å². The lowest BCUT2D eigenvalue weighted by Crippen LogP contribution is -2.33. The van der Waals surface area contributed by atoms with Crippen molar-refractivity contribution in [3.05, 3.63) is 293 Å². The van der Waals surface area contributed by atoms with Gasteiger partial charge in [0.15, 0.2) is 22.3 Å². The topological polar surface area (TPSA) is 85.3 Å². The van der Waals surface area contributed by atoms with Gasteiger partial charge in [-0.05, 0) is 164 Å². The van der Waals surface area contributed by atoms with E-state index in [0.717, 1.165) is 107 Å². The Morgan fingerprint density at radius 2 is 0.804 bits per heavy atom. The van der Waals surface area contributed by atoms with Crippen molar-refractivity contribution in [3.63, 3.8) is 0 Å². The summed E-state index contributed by atoms with van der Waals surface area (Å²) >= 11 is 0. The van der Waals surface area contributed by atoms with Crippen LogP contribution in [0.3, 0.4) is 0 Å². The fourth-order valence-corrected chi connectivity index (χ4v) is 15.1. The van der Waals surface area contributed by atoms with Gasteiger partial charge in [-0.3, -0.25) is 0 Å². The average molecular weight is 1210 g/mol. The molecule has 3 aromatic heterocycles. The standard InChI is InChI=1S/C79H41F6N5O2/c80-78(81,82)48-27-31-50(32-28-48)88(68-23-9-19-58-56-17-7-13-46(42-86)73(56)91-75(58)68)52-35-38-66-60(39-52)61-40-53(89(51-33-29-49(30-34-51)79(83,84)85)69-24-10-20-59-57-18-8-14-47(43-87)74(57)92-76(59)69)41-65-72(61)90(66)67-22-6-5-21-62(67)77(65)63-36-25-44-11-1-3-15-54(44)70(63)71-55-16-4-2-12-45(55)26-37-64(71)77/h1-41H. The highest BCUT2D eigenvalue weighted by atomic mass is 19.4. The van der Waals surface area contributed by atoms with Crippen LogP contribution >= 0.6 is 0 Å². The molecule has 13 heteroatoms. The summed E-state index contributed by atoms with van der Waals surface area (Å²) < 4.78 is 103. The number of hydrogen-bond acceptors (Lipinski definition) is 6. The summed E-state index contributed by atoms with van der Waals surface area (Å²) in [6, 6.07) is 80.8. The summed E-state index contributed by atoms with van der Waals surface area (Å²) in [4.78, 5) is 3.79. The Labute approximate surface area is 518 Å². The zero-order chi connectivity index (χ0) is 62.1. The van der Waals surface area contributed by atoms with Crippen molar-refractivity contribution in [2.75, 3.05) is 9.80 Å². The number of hydrogen-bond donors (Lipinski definition) is 0. The Bertz CT molecular complexity index is 5900. The predicted molar refractivity (Wildman–Crippen MR) is 350 cm³/mol. The molecule has 92 heavy (non-hydrogen) atoms. The Balaban J connectivity index is 1.00. The molecule has 1 aliphatic heterocycles. The summed E-state index contributed by atoms with van der Waals surface area (Å²) in [5.74, 6) is 0. The summed E-state index contributed by atoms with van der Waals surface area (Å²) in [6.07, 6.45) is -9.28. The van der Waals surface area contributed by atoms with Crippen LogP contribution in [0, 0.1) is 22.7 Å². The van der Waals surface area contributed by atoms with E-state index in [0.29, 0.717) is 89.1 Å². The van der Waals surface area contributed by atoms with E-state index in [4.69, 9.17) is 8.83 Å². The van der Waals surface area contributed by atoms with Gasteiger partial charge in [0.2, 0.25) is 0 Å². The van der Waals surface area contributed by atoms with Crippen molar-refractivity contribution in [3.8, 4) is 29.0 Å². The Kier molecular flexibility index (Phi) is 10.9. The van der Waals surface area contributed by atoms with Gasteiger partial charge in [-0.1, -0.05) is 140 Å². The normalized spacial score (nSPS) is 13.2. The molecule has 0 saturated heterocycles. The number of nitrogens with zero attached hydrogens (tertiary/aromatic N) is 5. The molecule has 0 bridgehead atoms. The Morgan fingerprint density at radius 1 is 0.359 bits per heavy atom. The first-order valence-electron chi connectivity index (χ1n) is 29.7. The second-order valence-electron chi connectivity index (χ2n) is 23.5. The zero-order valence-electron chi connectivity index (χ0n) is 48.0. The molecule has 0 fully saturated rings. The van der Waals surface area contributed by atoms with Gasteiger partial charge >= 0.3 is 12.4 Å². The number of alkyl halides is 6. The molecule has 0 N–H and O–H groups in total. The highest BCUT2D eigenvalue weighted by Gasteiger charge is 2.52. The fourth-order valence-electron chi connectivity index (χ4n) is 15.1. The summed E-state index contributed by atoms with van der Waals surface area (Å²) in [7, 11) is 0. The van der Waals surface area contributed by atoms with E-state index in [-0.39, 0.29) is 0 Å². The zero-order valence-corrected chi connectivity index (χ0v) is 48.0. The number of furan rings is 2. The predicted octanol–water partition coefficient (Wildman–Crippen LogP) is 22.3. The highest BCUT2D eigenvalue weighted by molar-refractivity contribution is 6.20. The van der Waals surface area contributed by atoms with Gasteiger partial charge < -0.3 is 23.2 Å². The van der Waals surface area contributed by atoms with Crippen LogP contribution in [-0.4, -0.2) is 4.57 Å². The van der Waals surface area contributed by atoms with Crippen LogP contribution in [0.25, 0.3) is 104 Å². The van der Waals surface area contributed by atoms with E-state index in [2.05, 4.69) is 108 Å².